The normalized spacial score (nSPS) is 13.0. The van der Waals surface area contributed by atoms with E-state index in [1.165, 1.54) is 0 Å². The van der Waals surface area contributed by atoms with E-state index in [-0.39, 0.29) is 6.10 Å². The van der Waals surface area contributed by atoms with Crippen molar-refractivity contribution in [1.29, 1.82) is 0 Å². The number of furan rings is 1. The molecule has 1 unspecified atom stereocenters. The summed E-state index contributed by atoms with van der Waals surface area (Å²) in [5.74, 6) is 2.71. The number of hydrogen-bond acceptors (Lipinski definition) is 4. The number of nitrogens with two attached hydrogens (primary N) is 1. The highest BCUT2D eigenvalue weighted by molar-refractivity contribution is 7.98. The zero-order chi connectivity index (χ0) is 11.1. The summed E-state index contributed by atoms with van der Waals surface area (Å²) in [6, 6.07) is 3.62. The molecule has 0 radical (unpaired) electrons. The highest BCUT2D eigenvalue weighted by Crippen LogP contribution is 2.19. The summed E-state index contributed by atoms with van der Waals surface area (Å²) >= 11 is 7.41. The molecular weight excluding hydrogens is 234 g/mol. The Bertz CT molecular complexity index is 280. The first-order valence-corrected chi connectivity index (χ1v) is 6.45. The molecule has 86 valence electrons. The molecular formula is C10H16ClNO2S. The number of halogens is 1. The van der Waals surface area contributed by atoms with Crippen LogP contribution >= 0.6 is 23.4 Å². The molecule has 1 aromatic heterocycles. The van der Waals surface area contributed by atoms with Crippen molar-refractivity contribution in [2.24, 2.45) is 5.73 Å². The van der Waals surface area contributed by atoms with Gasteiger partial charge < -0.3 is 15.3 Å². The summed E-state index contributed by atoms with van der Waals surface area (Å²) in [4.78, 5) is 0. The third-order valence-electron chi connectivity index (χ3n) is 1.97. The number of hydrogen-bond donors (Lipinski definition) is 2. The van der Waals surface area contributed by atoms with Crippen molar-refractivity contribution in [1.82, 2.24) is 0 Å². The molecule has 0 amide bonds. The fourth-order valence-corrected chi connectivity index (χ4v) is 2.17. The number of thioether (sulfide) groups is 1. The van der Waals surface area contributed by atoms with Crippen LogP contribution in [-0.2, 0) is 5.75 Å². The molecule has 1 rings (SSSR count). The van der Waals surface area contributed by atoms with E-state index in [1.54, 1.807) is 17.8 Å². The van der Waals surface area contributed by atoms with E-state index in [0.29, 0.717) is 11.8 Å². The first-order valence-electron chi connectivity index (χ1n) is 4.92. The van der Waals surface area contributed by atoms with Crippen LogP contribution in [0.2, 0.25) is 5.22 Å². The van der Waals surface area contributed by atoms with Crippen molar-refractivity contribution in [3.05, 3.63) is 23.1 Å². The van der Waals surface area contributed by atoms with Crippen LogP contribution in [0.3, 0.4) is 0 Å². The minimum atomic E-state index is -0.358. The molecule has 15 heavy (non-hydrogen) atoms. The van der Waals surface area contributed by atoms with Gasteiger partial charge in [-0.15, -0.1) is 0 Å². The fraction of sp³-hybridized carbons (Fsp3) is 0.600. The second-order valence-corrected chi connectivity index (χ2v) is 4.77. The topological polar surface area (TPSA) is 59.4 Å². The van der Waals surface area contributed by atoms with Gasteiger partial charge in [-0.3, -0.25) is 0 Å². The maximum atomic E-state index is 9.21. The summed E-state index contributed by atoms with van der Waals surface area (Å²) in [7, 11) is 0. The number of aliphatic hydroxyl groups is 1. The predicted octanol–water partition coefficient (Wildman–Crippen LogP) is 2.27. The van der Waals surface area contributed by atoms with E-state index in [1.807, 2.05) is 6.07 Å². The summed E-state index contributed by atoms with van der Waals surface area (Å²) < 4.78 is 5.21. The molecule has 0 bridgehead atoms. The maximum absolute atomic E-state index is 9.21. The van der Waals surface area contributed by atoms with Crippen molar-refractivity contribution in [2.75, 3.05) is 12.3 Å². The van der Waals surface area contributed by atoms with Gasteiger partial charge in [-0.05, 0) is 42.3 Å². The van der Waals surface area contributed by atoms with Gasteiger partial charge in [-0.1, -0.05) is 0 Å². The molecule has 3 nitrogen and oxygen atoms in total. The Morgan fingerprint density at radius 2 is 2.33 bits per heavy atom. The third-order valence-corrected chi connectivity index (χ3v) is 3.24. The Morgan fingerprint density at radius 3 is 2.93 bits per heavy atom. The number of aliphatic hydroxyl groups excluding tert-OH is 1. The standard InChI is InChI=1S/C10H16ClNO2S/c11-10-4-3-9(14-10)7-15-5-1-2-8(13)6-12/h3-4,8,13H,1-2,5-7,12H2. The van der Waals surface area contributed by atoms with Crippen LogP contribution in [0, 0.1) is 0 Å². The highest BCUT2D eigenvalue weighted by atomic mass is 35.5. The highest BCUT2D eigenvalue weighted by Gasteiger charge is 2.02. The lowest BCUT2D eigenvalue weighted by Gasteiger charge is -2.05. The second kappa shape index (κ2) is 7.17. The molecule has 5 heteroatoms. The number of rotatable bonds is 7. The molecule has 1 aromatic rings. The zero-order valence-electron chi connectivity index (χ0n) is 8.49. The molecule has 1 heterocycles. The van der Waals surface area contributed by atoms with Gasteiger partial charge in [0.15, 0.2) is 5.22 Å². The first kappa shape index (κ1) is 12.9. The lowest BCUT2D eigenvalue weighted by molar-refractivity contribution is 0.172. The molecule has 0 spiro atoms. The van der Waals surface area contributed by atoms with Crippen LogP contribution in [0.5, 0.6) is 0 Å². The van der Waals surface area contributed by atoms with Crippen molar-refractivity contribution in [2.45, 2.75) is 24.7 Å². The van der Waals surface area contributed by atoms with Gasteiger partial charge in [0.05, 0.1) is 11.9 Å². The van der Waals surface area contributed by atoms with Gasteiger partial charge in [-0.2, -0.15) is 11.8 Å². The Balaban J connectivity index is 2.02. The minimum absolute atomic E-state index is 0.346. The van der Waals surface area contributed by atoms with Crippen molar-refractivity contribution in [3.63, 3.8) is 0 Å². The third kappa shape index (κ3) is 5.47. The smallest absolute Gasteiger partial charge is 0.193 e. The lowest BCUT2D eigenvalue weighted by Crippen LogP contribution is -2.19. The largest absolute Gasteiger partial charge is 0.449 e. The summed E-state index contributed by atoms with van der Waals surface area (Å²) in [5.41, 5.74) is 5.29. The average molecular weight is 250 g/mol. The quantitative estimate of drug-likeness (QED) is 0.728. The fourth-order valence-electron chi connectivity index (χ4n) is 1.14. The van der Waals surface area contributed by atoms with Gasteiger partial charge in [-0.25, -0.2) is 0 Å². The minimum Gasteiger partial charge on any atom is -0.449 e. The predicted molar refractivity (Wildman–Crippen MR) is 64.2 cm³/mol. The van der Waals surface area contributed by atoms with Crippen molar-refractivity contribution < 1.29 is 9.52 Å². The van der Waals surface area contributed by atoms with Gasteiger partial charge >= 0.3 is 0 Å². The van der Waals surface area contributed by atoms with E-state index >= 15 is 0 Å². The van der Waals surface area contributed by atoms with Gasteiger partial charge in [0.25, 0.3) is 0 Å². The van der Waals surface area contributed by atoms with Crippen molar-refractivity contribution in [3.8, 4) is 0 Å². The molecule has 1 atom stereocenters. The molecule has 0 saturated heterocycles. The molecule has 0 aliphatic rings. The summed E-state index contributed by atoms with van der Waals surface area (Å²) in [6.45, 7) is 0.346. The van der Waals surface area contributed by atoms with Crippen LogP contribution in [0.1, 0.15) is 18.6 Å². The van der Waals surface area contributed by atoms with Crippen molar-refractivity contribution >= 4 is 23.4 Å². The van der Waals surface area contributed by atoms with Gasteiger partial charge in [0.1, 0.15) is 5.76 Å². The molecule has 3 N–H and O–H groups in total. The van der Waals surface area contributed by atoms with E-state index < -0.39 is 0 Å². The maximum Gasteiger partial charge on any atom is 0.193 e. The Hall–Kier alpha value is -0.160. The molecule has 0 fully saturated rings. The Kier molecular flexibility index (Phi) is 6.17. The van der Waals surface area contributed by atoms with Crippen LogP contribution in [0.4, 0.5) is 0 Å². The van der Waals surface area contributed by atoms with Crippen LogP contribution in [0.25, 0.3) is 0 Å². The Labute approximate surface area is 99.0 Å². The van der Waals surface area contributed by atoms with Crippen LogP contribution in [0.15, 0.2) is 16.5 Å². The molecule has 0 aromatic carbocycles. The molecule has 0 saturated carbocycles. The first-order chi connectivity index (χ1) is 7.22. The zero-order valence-corrected chi connectivity index (χ0v) is 10.1. The SMILES string of the molecule is NCC(O)CCCSCc1ccc(Cl)o1. The molecule has 0 aliphatic heterocycles. The average Bonchev–Trinajstić information content (AvgIpc) is 2.63. The van der Waals surface area contributed by atoms with E-state index in [2.05, 4.69) is 0 Å². The second-order valence-electron chi connectivity index (χ2n) is 3.29. The van der Waals surface area contributed by atoms with Crippen LogP contribution in [-0.4, -0.2) is 23.5 Å². The van der Waals surface area contributed by atoms with E-state index in [9.17, 15) is 5.11 Å². The molecule has 0 aliphatic carbocycles. The van der Waals surface area contributed by atoms with E-state index in [4.69, 9.17) is 21.8 Å². The Morgan fingerprint density at radius 1 is 1.53 bits per heavy atom. The summed E-state index contributed by atoms with van der Waals surface area (Å²) in [6.07, 6.45) is 1.38. The monoisotopic (exact) mass is 249 g/mol. The summed E-state index contributed by atoms with van der Waals surface area (Å²) in [5, 5.41) is 9.64. The van der Waals surface area contributed by atoms with Gasteiger partial charge in [0.2, 0.25) is 0 Å². The van der Waals surface area contributed by atoms with Crippen LogP contribution < -0.4 is 5.73 Å². The lowest BCUT2D eigenvalue weighted by atomic mass is 10.2. The van der Waals surface area contributed by atoms with Gasteiger partial charge in [0, 0.05) is 6.54 Å². The van der Waals surface area contributed by atoms with E-state index in [0.717, 1.165) is 30.1 Å².